The van der Waals surface area contributed by atoms with E-state index in [9.17, 15) is 14.7 Å². The summed E-state index contributed by atoms with van der Waals surface area (Å²) in [5, 5.41) is 14.3. The number of urea groups is 1. The zero-order valence-electron chi connectivity index (χ0n) is 10.9. The maximum atomic E-state index is 11.9. The number of carbonyl (C=O) groups is 2. The number of hydrogen-bond donors (Lipinski definition) is 3. The highest BCUT2D eigenvalue weighted by Crippen LogP contribution is 2.21. The van der Waals surface area contributed by atoms with Gasteiger partial charge < -0.3 is 15.7 Å². The molecule has 0 heterocycles. The number of benzene rings is 2. The Labute approximate surface area is 130 Å². The lowest BCUT2D eigenvalue weighted by molar-refractivity contribution is -0.139. The molecule has 0 radical (unpaired) electrons. The standard InChI is InChI=1S/C15H13BrN2O3/c16-11-8-4-5-9-12(11)17-15(21)18-13(14(19)20)10-6-2-1-3-7-10/h1-9,13H,(H,19,20)(H2,17,18,21)/t13-/m0/s1. The van der Waals surface area contributed by atoms with Gasteiger partial charge in [0.15, 0.2) is 6.04 Å². The van der Waals surface area contributed by atoms with Crippen LogP contribution >= 0.6 is 15.9 Å². The van der Waals surface area contributed by atoms with Crippen molar-refractivity contribution in [2.45, 2.75) is 6.04 Å². The van der Waals surface area contributed by atoms with Crippen LogP contribution < -0.4 is 10.6 Å². The summed E-state index contributed by atoms with van der Waals surface area (Å²) in [6.45, 7) is 0. The van der Waals surface area contributed by atoms with E-state index in [-0.39, 0.29) is 0 Å². The van der Waals surface area contributed by atoms with Crippen LogP contribution in [0, 0.1) is 0 Å². The molecule has 0 unspecified atom stereocenters. The summed E-state index contributed by atoms with van der Waals surface area (Å²) in [5.41, 5.74) is 1.07. The Kier molecular flexibility index (Phi) is 4.94. The van der Waals surface area contributed by atoms with E-state index in [0.29, 0.717) is 15.7 Å². The molecule has 0 saturated heterocycles. The molecule has 5 nitrogen and oxygen atoms in total. The zero-order valence-corrected chi connectivity index (χ0v) is 12.5. The van der Waals surface area contributed by atoms with E-state index in [1.807, 2.05) is 6.07 Å². The van der Waals surface area contributed by atoms with Gasteiger partial charge in [-0.3, -0.25) is 0 Å². The molecule has 0 aromatic heterocycles. The van der Waals surface area contributed by atoms with Gasteiger partial charge in [-0.15, -0.1) is 0 Å². The second kappa shape index (κ2) is 6.90. The second-order valence-electron chi connectivity index (χ2n) is 4.26. The molecule has 2 aromatic carbocycles. The smallest absolute Gasteiger partial charge is 0.330 e. The summed E-state index contributed by atoms with van der Waals surface area (Å²) in [6, 6.07) is 13.9. The molecule has 2 aromatic rings. The summed E-state index contributed by atoms with van der Waals surface area (Å²) in [7, 11) is 0. The third-order valence-electron chi connectivity index (χ3n) is 2.78. The van der Waals surface area contributed by atoms with Crippen molar-refractivity contribution in [1.29, 1.82) is 0 Å². The zero-order chi connectivity index (χ0) is 15.2. The van der Waals surface area contributed by atoms with Crippen molar-refractivity contribution in [1.82, 2.24) is 5.32 Å². The van der Waals surface area contributed by atoms with Crippen molar-refractivity contribution in [2.75, 3.05) is 5.32 Å². The monoisotopic (exact) mass is 348 g/mol. The molecule has 1 atom stereocenters. The SMILES string of the molecule is O=C(Nc1ccccc1Br)N[C@H](C(=O)O)c1ccccc1. The molecule has 0 aliphatic rings. The highest BCUT2D eigenvalue weighted by atomic mass is 79.9. The summed E-state index contributed by atoms with van der Waals surface area (Å²) in [6.07, 6.45) is 0. The van der Waals surface area contributed by atoms with E-state index in [4.69, 9.17) is 0 Å². The summed E-state index contributed by atoms with van der Waals surface area (Å²) in [4.78, 5) is 23.2. The minimum Gasteiger partial charge on any atom is -0.479 e. The Hall–Kier alpha value is -2.34. The number of carbonyl (C=O) groups excluding carboxylic acids is 1. The van der Waals surface area contributed by atoms with Crippen molar-refractivity contribution in [2.24, 2.45) is 0 Å². The van der Waals surface area contributed by atoms with Gasteiger partial charge in [-0.05, 0) is 33.6 Å². The molecule has 2 amide bonds. The molecule has 0 aliphatic carbocycles. The highest BCUT2D eigenvalue weighted by molar-refractivity contribution is 9.10. The van der Waals surface area contributed by atoms with Gasteiger partial charge in [0.05, 0.1) is 5.69 Å². The summed E-state index contributed by atoms with van der Waals surface area (Å²) < 4.78 is 0.715. The number of aliphatic carboxylic acids is 1. The first-order valence-electron chi connectivity index (χ1n) is 6.17. The van der Waals surface area contributed by atoms with E-state index >= 15 is 0 Å². The molecule has 0 bridgehead atoms. The first-order valence-corrected chi connectivity index (χ1v) is 6.97. The molecule has 0 saturated carbocycles. The maximum absolute atomic E-state index is 11.9. The lowest BCUT2D eigenvalue weighted by Crippen LogP contribution is -2.36. The van der Waals surface area contributed by atoms with Crippen LogP contribution in [0.5, 0.6) is 0 Å². The Morgan fingerprint density at radius 3 is 2.24 bits per heavy atom. The van der Waals surface area contributed by atoms with Crippen molar-refractivity contribution >= 4 is 33.6 Å². The topological polar surface area (TPSA) is 78.4 Å². The Morgan fingerprint density at radius 1 is 1.00 bits per heavy atom. The minimum absolute atomic E-state index is 0.507. The van der Waals surface area contributed by atoms with Gasteiger partial charge in [0.1, 0.15) is 0 Å². The molecule has 3 N–H and O–H groups in total. The number of para-hydroxylation sites is 1. The number of rotatable bonds is 4. The molecule has 0 fully saturated rings. The van der Waals surface area contributed by atoms with Gasteiger partial charge in [0.25, 0.3) is 0 Å². The number of hydrogen-bond acceptors (Lipinski definition) is 2. The molecule has 6 heteroatoms. The van der Waals surface area contributed by atoms with Crippen LogP contribution in [0.15, 0.2) is 59.1 Å². The lowest BCUT2D eigenvalue weighted by Gasteiger charge is -2.16. The number of carboxylic acids is 1. The molecule has 0 spiro atoms. The normalized spacial score (nSPS) is 11.5. The average Bonchev–Trinajstić information content (AvgIpc) is 2.48. The first-order chi connectivity index (χ1) is 10.1. The molecule has 21 heavy (non-hydrogen) atoms. The van der Waals surface area contributed by atoms with Gasteiger partial charge in [0, 0.05) is 4.47 Å². The van der Waals surface area contributed by atoms with Crippen LogP contribution in [-0.2, 0) is 4.79 Å². The van der Waals surface area contributed by atoms with Crippen molar-refractivity contribution in [3.63, 3.8) is 0 Å². The van der Waals surface area contributed by atoms with Crippen LogP contribution in [-0.4, -0.2) is 17.1 Å². The minimum atomic E-state index is -1.12. The van der Waals surface area contributed by atoms with Gasteiger partial charge in [-0.2, -0.15) is 0 Å². The van der Waals surface area contributed by atoms with Crippen LogP contribution in [0.1, 0.15) is 11.6 Å². The van der Waals surface area contributed by atoms with E-state index in [1.54, 1.807) is 48.5 Å². The molecule has 108 valence electrons. The van der Waals surface area contributed by atoms with E-state index in [1.165, 1.54) is 0 Å². The van der Waals surface area contributed by atoms with Gasteiger partial charge in [0.2, 0.25) is 0 Å². The van der Waals surface area contributed by atoms with Crippen LogP contribution in [0.2, 0.25) is 0 Å². The van der Waals surface area contributed by atoms with Crippen molar-refractivity contribution < 1.29 is 14.7 Å². The number of carboxylic acid groups (broad SMARTS) is 1. The maximum Gasteiger partial charge on any atom is 0.330 e. The first kappa shape index (κ1) is 15.1. The Bertz CT molecular complexity index is 646. The highest BCUT2D eigenvalue weighted by Gasteiger charge is 2.21. The summed E-state index contributed by atoms with van der Waals surface area (Å²) in [5.74, 6) is -1.12. The fraction of sp³-hybridized carbons (Fsp3) is 0.0667. The molecular weight excluding hydrogens is 336 g/mol. The van der Waals surface area contributed by atoms with Crippen LogP contribution in [0.4, 0.5) is 10.5 Å². The lowest BCUT2D eigenvalue weighted by atomic mass is 10.1. The Morgan fingerprint density at radius 2 is 1.62 bits per heavy atom. The third-order valence-corrected chi connectivity index (χ3v) is 3.47. The predicted octanol–water partition coefficient (Wildman–Crippen LogP) is 3.40. The van der Waals surface area contributed by atoms with E-state index < -0.39 is 18.0 Å². The van der Waals surface area contributed by atoms with Gasteiger partial charge >= 0.3 is 12.0 Å². The van der Waals surface area contributed by atoms with Gasteiger partial charge in [-0.25, -0.2) is 9.59 Å². The molecular formula is C15H13BrN2O3. The van der Waals surface area contributed by atoms with Crippen molar-refractivity contribution in [3.05, 3.63) is 64.6 Å². The quantitative estimate of drug-likeness (QED) is 0.792. The van der Waals surface area contributed by atoms with E-state index in [0.717, 1.165) is 0 Å². The van der Waals surface area contributed by atoms with E-state index in [2.05, 4.69) is 26.6 Å². The largest absolute Gasteiger partial charge is 0.479 e. The molecule has 2 rings (SSSR count). The fourth-order valence-electron chi connectivity index (χ4n) is 1.79. The predicted molar refractivity (Wildman–Crippen MR) is 83.1 cm³/mol. The third kappa shape index (κ3) is 4.06. The number of anilines is 1. The fourth-order valence-corrected chi connectivity index (χ4v) is 2.17. The Balaban J connectivity index is 2.10. The average molecular weight is 349 g/mol. The van der Waals surface area contributed by atoms with Gasteiger partial charge in [-0.1, -0.05) is 42.5 Å². The number of halogens is 1. The summed E-state index contributed by atoms with van der Waals surface area (Å²) >= 11 is 3.31. The van der Waals surface area contributed by atoms with Crippen LogP contribution in [0.3, 0.4) is 0 Å². The number of amides is 2. The molecule has 0 aliphatic heterocycles. The van der Waals surface area contributed by atoms with Crippen LogP contribution in [0.25, 0.3) is 0 Å². The number of nitrogens with one attached hydrogen (secondary N) is 2. The second-order valence-corrected chi connectivity index (χ2v) is 5.11. The van der Waals surface area contributed by atoms with Crippen molar-refractivity contribution in [3.8, 4) is 0 Å².